The van der Waals surface area contributed by atoms with E-state index in [4.69, 9.17) is 5.73 Å². The number of rotatable bonds is 7. The first-order valence-electron chi connectivity index (χ1n) is 8.89. The van der Waals surface area contributed by atoms with E-state index >= 15 is 0 Å². The summed E-state index contributed by atoms with van der Waals surface area (Å²) in [6.45, 7) is 7.68. The molecule has 1 aromatic carbocycles. The van der Waals surface area contributed by atoms with Crippen LogP contribution in [0.1, 0.15) is 56.6 Å². The molecule has 1 aliphatic rings. The van der Waals surface area contributed by atoms with Gasteiger partial charge in [-0.1, -0.05) is 44.5 Å². The molecule has 0 aromatic heterocycles. The fourth-order valence-corrected chi connectivity index (χ4v) is 3.19. The van der Waals surface area contributed by atoms with Gasteiger partial charge >= 0.3 is 0 Å². The van der Waals surface area contributed by atoms with Crippen molar-refractivity contribution < 1.29 is 4.79 Å². The van der Waals surface area contributed by atoms with Gasteiger partial charge in [0, 0.05) is 32.1 Å². The summed E-state index contributed by atoms with van der Waals surface area (Å²) in [5, 5.41) is 3.03. The molecule has 1 atom stereocenters. The fourth-order valence-electron chi connectivity index (χ4n) is 3.19. The Morgan fingerprint density at radius 2 is 2.04 bits per heavy atom. The minimum Gasteiger partial charge on any atom is -0.354 e. The maximum absolute atomic E-state index is 11.6. The number of hydrogen-bond acceptors (Lipinski definition) is 3. The Kier molecular flexibility index (Phi) is 7.06. The zero-order valence-electron chi connectivity index (χ0n) is 14.6. The first-order valence-corrected chi connectivity index (χ1v) is 8.89. The third kappa shape index (κ3) is 5.63. The highest BCUT2D eigenvalue weighted by molar-refractivity contribution is 5.76. The molecular formula is C19H31N3O. The van der Waals surface area contributed by atoms with Crippen molar-refractivity contribution in [2.75, 3.05) is 19.6 Å². The second-order valence-electron chi connectivity index (χ2n) is 6.86. The van der Waals surface area contributed by atoms with Crippen LogP contribution in [0.4, 0.5) is 0 Å². The number of piperidine rings is 1. The largest absolute Gasteiger partial charge is 0.354 e. The van der Waals surface area contributed by atoms with Gasteiger partial charge in [0.2, 0.25) is 5.91 Å². The van der Waals surface area contributed by atoms with Gasteiger partial charge in [-0.25, -0.2) is 0 Å². The Balaban J connectivity index is 1.91. The number of nitrogens with one attached hydrogen (secondary N) is 1. The number of hydrogen-bond donors (Lipinski definition) is 2. The van der Waals surface area contributed by atoms with E-state index in [2.05, 4.69) is 48.3 Å². The van der Waals surface area contributed by atoms with Crippen molar-refractivity contribution in [2.45, 2.75) is 58.0 Å². The predicted molar refractivity (Wildman–Crippen MR) is 95.3 cm³/mol. The SMILES string of the molecule is CC(C)c1ccc(CN2CCCCC2CNC(=O)CCN)cc1. The first kappa shape index (κ1) is 18.0. The van der Waals surface area contributed by atoms with E-state index in [-0.39, 0.29) is 5.91 Å². The van der Waals surface area contributed by atoms with Crippen molar-refractivity contribution in [1.82, 2.24) is 10.2 Å². The van der Waals surface area contributed by atoms with Gasteiger partial charge in [0.05, 0.1) is 0 Å². The highest BCUT2D eigenvalue weighted by Crippen LogP contribution is 2.21. The van der Waals surface area contributed by atoms with Crippen LogP contribution in [-0.4, -0.2) is 36.5 Å². The molecule has 23 heavy (non-hydrogen) atoms. The van der Waals surface area contributed by atoms with Crippen molar-refractivity contribution in [3.8, 4) is 0 Å². The molecule has 0 saturated carbocycles. The number of benzene rings is 1. The molecule has 1 unspecified atom stereocenters. The first-order chi connectivity index (χ1) is 11.1. The van der Waals surface area contributed by atoms with Gasteiger partial charge in [-0.2, -0.15) is 0 Å². The topological polar surface area (TPSA) is 58.4 Å². The van der Waals surface area contributed by atoms with Crippen molar-refractivity contribution >= 4 is 5.91 Å². The lowest BCUT2D eigenvalue weighted by atomic mass is 9.99. The van der Waals surface area contributed by atoms with Crippen molar-refractivity contribution in [3.05, 3.63) is 35.4 Å². The van der Waals surface area contributed by atoms with Gasteiger partial charge < -0.3 is 11.1 Å². The second kappa shape index (κ2) is 9.04. The summed E-state index contributed by atoms with van der Waals surface area (Å²) in [6.07, 6.45) is 4.08. The maximum Gasteiger partial charge on any atom is 0.221 e. The lowest BCUT2D eigenvalue weighted by molar-refractivity contribution is -0.121. The van der Waals surface area contributed by atoms with Crippen LogP contribution in [0.2, 0.25) is 0 Å². The molecule has 1 fully saturated rings. The van der Waals surface area contributed by atoms with Crippen molar-refractivity contribution in [1.29, 1.82) is 0 Å². The zero-order chi connectivity index (χ0) is 16.7. The van der Waals surface area contributed by atoms with Crippen LogP contribution in [0, 0.1) is 0 Å². The van der Waals surface area contributed by atoms with Gasteiger partial charge in [-0.15, -0.1) is 0 Å². The monoisotopic (exact) mass is 317 g/mol. The van der Waals surface area contributed by atoms with E-state index in [0.29, 0.717) is 24.9 Å². The Morgan fingerprint density at radius 1 is 1.30 bits per heavy atom. The molecule has 1 saturated heterocycles. The number of amides is 1. The molecule has 1 heterocycles. The molecule has 3 N–H and O–H groups in total. The Morgan fingerprint density at radius 3 is 2.70 bits per heavy atom. The third-order valence-electron chi connectivity index (χ3n) is 4.69. The van der Waals surface area contributed by atoms with Crippen LogP contribution < -0.4 is 11.1 Å². The quantitative estimate of drug-likeness (QED) is 0.813. The van der Waals surface area contributed by atoms with Crippen LogP contribution in [-0.2, 0) is 11.3 Å². The third-order valence-corrected chi connectivity index (χ3v) is 4.69. The highest BCUT2D eigenvalue weighted by atomic mass is 16.1. The molecule has 0 bridgehead atoms. The van der Waals surface area contributed by atoms with Crippen LogP contribution in [0.5, 0.6) is 0 Å². The maximum atomic E-state index is 11.6. The van der Waals surface area contributed by atoms with Gasteiger partial charge in [0.15, 0.2) is 0 Å². The summed E-state index contributed by atoms with van der Waals surface area (Å²) in [7, 11) is 0. The Labute approximate surface area is 140 Å². The summed E-state index contributed by atoms with van der Waals surface area (Å²) in [4.78, 5) is 14.2. The van der Waals surface area contributed by atoms with Crippen LogP contribution in [0.3, 0.4) is 0 Å². The highest BCUT2D eigenvalue weighted by Gasteiger charge is 2.22. The van der Waals surface area contributed by atoms with Gasteiger partial charge in [-0.05, 0) is 36.4 Å². The molecule has 128 valence electrons. The number of nitrogens with zero attached hydrogens (tertiary/aromatic N) is 1. The summed E-state index contributed by atoms with van der Waals surface area (Å²) < 4.78 is 0. The number of nitrogens with two attached hydrogens (primary N) is 1. The van der Waals surface area contributed by atoms with E-state index in [1.165, 1.54) is 24.0 Å². The molecule has 4 heteroatoms. The molecule has 1 amide bonds. The van der Waals surface area contributed by atoms with E-state index in [1.807, 2.05) is 0 Å². The molecule has 0 aliphatic carbocycles. The number of likely N-dealkylation sites (tertiary alicyclic amines) is 1. The molecule has 4 nitrogen and oxygen atoms in total. The lowest BCUT2D eigenvalue weighted by Crippen LogP contribution is -2.46. The standard InChI is InChI=1S/C19H31N3O/c1-15(2)17-8-6-16(7-9-17)14-22-12-4-3-5-18(22)13-21-19(23)10-11-20/h6-9,15,18H,3-5,10-14,20H2,1-2H3,(H,21,23). The Bertz CT molecular complexity index is 484. The summed E-state index contributed by atoms with van der Waals surface area (Å²) >= 11 is 0. The predicted octanol–water partition coefficient (Wildman–Crippen LogP) is 2.63. The molecule has 0 radical (unpaired) electrons. The lowest BCUT2D eigenvalue weighted by Gasteiger charge is -2.36. The molecule has 0 spiro atoms. The van der Waals surface area contributed by atoms with Gasteiger partial charge in [0.25, 0.3) is 0 Å². The zero-order valence-corrected chi connectivity index (χ0v) is 14.6. The van der Waals surface area contributed by atoms with Crippen LogP contribution in [0.25, 0.3) is 0 Å². The molecule has 1 aliphatic heterocycles. The van der Waals surface area contributed by atoms with Crippen molar-refractivity contribution in [2.24, 2.45) is 5.73 Å². The van der Waals surface area contributed by atoms with E-state index in [9.17, 15) is 4.79 Å². The summed E-state index contributed by atoms with van der Waals surface area (Å²) in [6, 6.07) is 9.40. The average molecular weight is 317 g/mol. The molecule has 1 aromatic rings. The smallest absolute Gasteiger partial charge is 0.221 e. The molecule has 2 rings (SSSR count). The summed E-state index contributed by atoms with van der Waals surface area (Å²) in [5.41, 5.74) is 8.17. The van der Waals surface area contributed by atoms with Gasteiger partial charge in [0.1, 0.15) is 0 Å². The average Bonchev–Trinajstić information content (AvgIpc) is 2.55. The second-order valence-corrected chi connectivity index (χ2v) is 6.86. The van der Waals surface area contributed by atoms with Gasteiger partial charge in [-0.3, -0.25) is 9.69 Å². The summed E-state index contributed by atoms with van der Waals surface area (Å²) in [5.74, 6) is 0.642. The van der Waals surface area contributed by atoms with E-state index in [1.54, 1.807) is 0 Å². The van der Waals surface area contributed by atoms with Crippen LogP contribution >= 0.6 is 0 Å². The number of carbonyl (C=O) groups is 1. The minimum absolute atomic E-state index is 0.0688. The van der Waals surface area contributed by atoms with E-state index < -0.39 is 0 Å². The minimum atomic E-state index is 0.0688. The number of carbonyl (C=O) groups excluding carboxylic acids is 1. The Hall–Kier alpha value is -1.39. The van der Waals surface area contributed by atoms with Crippen LogP contribution in [0.15, 0.2) is 24.3 Å². The molecular weight excluding hydrogens is 286 g/mol. The van der Waals surface area contributed by atoms with Crippen molar-refractivity contribution in [3.63, 3.8) is 0 Å². The normalized spacial score (nSPS) is 19.0. The fraction of sp³-hybridized carbons (Fsp3) is 0.632. The van der Waals surface area contributed by atoms with E-state index in [0.717, 1.165) is 26.1 Å².